The van der Waals surface area contributed by atoms with Crippen LogP contribution in [0.4, 0.5) is 11.4 Å². The molecule has 2 aromatic carbocycles. The molecule has 1 N–H and O–H groups in total. The first-order valence-electron chi connectivity index (χ1n) is 8.76. The van der Waals surface area contributed by atoms with Gasteiger partial charge in [-0.3, -0.25) is 19.7 Å². The van der Waals surface area contributed by atoms with Crippen LogP contribution in [0.15, 0.2) is 48.5 Å². The molecule has 3 rings (SSSR count). The number of nitro benzene ring substituents is 1. The van der Waals surface area contributed by atoms with E-state index in [0.717, 1.165) is 3.57 Å². The van der Waals surface area contributed by atoms with Gasteiger partial charge < -0.3 is 15.1 Å². The van der Waals surface area contributed by atoms with E-state index in [1.165, 1.54) is 6.07 Å². The van der Waals surface area contributed by atoms with Crippen LogP contribution in [0.2, 0.25) is 0 Å². The lowest BCUT2D eigenvalue weighted by Crippen LogP contribution is -2.51. The molecule has 2 amide bonds. The van der Waals surface area contributed by atoms with Crippen LogP contribution in [0.5, 0.6) is 0 Å². The Labute approximate surface area is 175 Å². The van der Waals surface area contributed by atoms with Crippen molar-refractivity contribution in [2.45, 2.75) is 0 Å². The largest absolute Gasteiger partial charge is 0.362 e. The number of para-hydroxylation sites is 2. The smallest absolute Gasteiger partial charge is 0.292 e. The standard InChI is InChI=1S/C19H19IN4O4/c20-15-6-2-1-5-14(15)19(26)21-13-18(25)23-11-9-22(10-12-23)16-7-3-4-8-17(16)24(27)28/h1-8H,9-13H2,(H,21,26). The van der Waals surface area contributed by atoms with Crippen molar-refractivity contribution >= 4 is 45.8 Å². The summed E-state index contributed by atoms with van der Waals surface area (Å²) in [7, 11) is 0. The molecule has 1 aliphatic rings. The lowest BCUT2D eigenvalue weighted by molar-refractivity contribution is -0.384. The van der Waals surface area contributed by atoms with E-state index in [1.54, 1.807) is 35.2 Å². The van der Waals surface area contributed by atoms with Gasteiger partial charge in [-0.15, -0.1) is 0 Å². The lowest BCUT2D eigenvalue weighted by atomic mass is 10.2. The molecule has 28 heavy (non-hydrogen) atoms. The lowest BCUT2D eigenvalue weighted by Gasteiger charge is -2.35. The molecule has 9 heteroatoms. The highest BCUT2D eigenvalue weighted by atomic mass is 127. The van der Waals surface area contributed by atoms with E-state index in [0.29, 0.717) is 37.4 Å². The van der Waals surface area contributed by atoms with Gasteiger partial charge in [0, 0.05) is 35.8 Å². The van der Waals surface area contributed by atoms with Gasteiger partial charge in [-0.2, -0.15) is 0 Å². The van der Waals surface area contributed by atoms with E-state index in [1.807, 2.05) is 17.0 Å². The van der Waals surface area contributed by atoms with Crippen LogP contribution in [0.3, 0.4) is 0 Å². The molecular formula is C19H19IN4O4. The van der Waals surface area contributed by atoms with Crippen molar-refractivity contribution in [2.75, 3.05) is 37.6 Å². The van der Waals surface area contributed by atoms with Gasteiger partial charge in [-0.1, -0.05) is 24.3 Å². The van der Waals surface area contributed by atoms with Gasteiger partial charge >= 0.3 is 0 Å². The average Bonchev–Trinajstić information content (AvgIpc) is 2.72. The molecule has 1 aliphatic heterocycles. The van der Waals surface area contributed by atoms with Gasteiger partial charge in [0.2, 0.25) is 5.91 Å². The Morgan fingerprint density at radius 3 is 2.36 bits per heavy atom. The number of halogens is 1. The summed E-state index contributed by atoms with van der Waals surface area (Å²) >= 11 is 2.08. The van der Waals surface area contributed by atoms with Crippen molar-refractivity contribution in [3.05, 3.63) is 67.8 Å². The molecule has 0 saturated carbocycles. The van der Waals surface area contributed by atoms with Gasteiger partial charge in [-0.25, -0.2) is 0 Å². The fourth-order valence-electron chi connectivity index (χ4n) is 3.09. The van der Waals surface area contributed by atoms with Crippen molar-refractivity contribution in [1.29, 1.82) is 0 Å². The van der Waals surface area contributed by atoms with Crippen LogP contribution in [0.1, 0.15) is 10.4 Å². The van der Waals surface area contributed by atoms with E-state index >= 15 is 0 Å². The maximum absolute atomic E-state index is 12.4. The quantitative estimate of drug-likeness (QED) is 0.391. The van der Waals surface area contributed by atoms with Crippen molar-refractivity contribution in [1.82, 2.24) is 10.2 Å². The van der Waals surface area contributed by atoms with Crippen LogP contribution < -0.4 is 10.2 Å². The molecule has 0 bridgehead atoms. The Balaban J connectivity index is 1.54. The molecule has 0 radical (unpaired) electrons. The third-order valence-corrected chi connectivity index (χ3v) is 5.51. The second-order valence-corrected chi connectivity index (χ2v) is 7.44. The van der Waals surface area contributed by atoms with Crippen molar-refractivity contribution in [3.8, 4) is 0 Å². The Bertz CT molecular complexity index is 897. The minimum Gasteiger partial charge on any atom is -0.362 e. The number of carbonyl (C=O) groups is 2. The summed E-state index contributed by atoms with van der Waals surface area (Å²) in [6, 6.07) is 13.8. The van der Waals surface area contributed by atoms with Gasteiger partial charge in [0.1, 0.15) is 5.69 Å². The Morgan fingerprint density at radius 2 is 1.68 bits per heavy atom. The van der Waals surface area contributed by atoms with Crippen LogP contribution in [0.25, 0.3) is 0 Å². The minimum atomic E-state index is -0.395. The summed E-state index contributed by atoms with van der Waals surface area (Å²) < 4.78 is 0.822. The van der Waals surface area contributed by atoms with Crippen LogP contribution in [-0.4, -0.2) is 54.4 Å². The number of hydrogen-bond donors (Lipinski definition) is 1. The van der Waals surface area contributed by atoms with E-state index in [9.17, 15) is 19.7 Å². The van der Waals surface area contributed by atoms with Crippen molar-refractivity contribution in [3.63, 3.8) is 0 Å². The third kappa shape index (κ3) is 4.58. The van der Waals surface area contributed by atoms with E-state index in [-0.39, 0.29) is 24.0 Å². The molecule has 0 aromatic heterocycles. The molecule has 0 spiro atoms. The first-order chi connectivity index (χ1) is 13.5. The molecule has 0 atom stereocenters. The highest BCUT2D eigenvalue weighted by Crippen LogP contribution is 2.28. The van der Waals surface area contributed by atoms with Crippen LogP contribution in [-0.2, 0) is 4.79 Å². The van der Waals surface area contributed by atoms with Crippen LogP contribution >= 0.6 is 22.6 Å². The number of hydrogen-bond acceptors (Lipinski definition) is 5. The topological polar surface area (TPSA) is 95.8 Å². The zero-order valence-corrected chi connectivity index (χ0v) is 17.2. The summed E-state index contributed by atoms with van der Waals surface area (Å²) in [6.07, 6.45) is 0. The predicted octanol–water partition coefficient (Wildman–Crippen LogP) is 2.28. The van der Waals surface area contributed by atoms with E-state index in [4.69, 9.17) is 0 Å². The van der Waals surface area contributed by atoms with E-state index in [2.05, 4.69) is 27.9 Å². The highest BCUT2D eigenvalue weighted by Gasteiger charge is 2.25. The minimum absolute atomic E-state index is 0.0620. The van der Waals surface area contributed by atoms with Gasteiger partial charge in [0.05, 0.1) is 17.0 Å². The number of amides is 2. The number of nitro groups is 1. The summed E-state index contributed by atoms with van der Waals surface area (Å²) in [5, 5.41) is 13.9. The molecular weight excluding hydrogens is 475 g/mol. The normalized spacial score (nSPS) is 13.9. The molecule has 1 saturated heterocycles. The maximum atomic E-state index is 12.4. The van der Waals surface area contributed by atoms with Gasteiger partial charge in [0.15, 0.2) is 0 Å². The monoisotopic (exact) mass is 494 g/mol. The molecule has 2 aromatic rings. The molecule has 1 fully saturated rings. The number of carbonyl (C=O) groups excluding carboxylic acids is 2. The SMILES string of the molecule is O=C(NCC(=O)N1CCN(c2ccccc2[N+](=O)[O-])CC1)c1ccccc1I. The van der Waals surface area contributed by atoms with Crippen molar-refractivity contribution in [2.24, 2.45) is 0 Å². The highest BCUT2D eigenvalue weighted by molar-refractivity contribution is 14.1. The zero-order valence-electron chi connectivity index (χ0n) is 15.0. The predicted molar refractivity (Wildman–Crippen MR) is 113 cm³/mol. The Hall–Kier alpha value is -2.69. The molecule has 0 unspecified atom stereocenters. The first kappa shape index (κ1) is 20.1. The molecule has 146 valence electrons. The van der Waals surface area contributed by atoms with E-state index < -0.39 is 4.92 Å². The fourth-order valence-corrected chi connectivity index (χ4v) is 3.72. The number of piperazine rings is 1. The van der Waals surface area contributed by atoms with Gasteiger partial charge in [-0.05, 0) is 40.8 Å². The number of nitrogens with one attached hydrogen (secondary N) is 1. The Morgan fingerprint density at radius 1 is 1.04 bits per heavy atom. The number of benzene rings is 2. The number of anilines is 1. The summed E-state index contributed by atoms with van der Waals surface area (Å²) in [5.41, 5.74) is 1.16. The molecule has 8 nitrogen and oxygen atoms in total. The fraction of sp³-hybridized carbons (Fsp3) is 0.263. The third-order valence-electron chi connectivity index (χ3n) is 4.57. The molecule has 0 aliphatic carbocycles. The number of rotatable bonds is 5. The molecule has 1 heterocycles. The average molecular weight is 494 g/mol. The second kappa shape index (κ2) is 9.00. The van der Waals surface area contributed by atoms with Gasteiger partial charge in [0.25, 0.3) is 11.6 Å². The van der Waals surface area contributed by atoms with Crippen LogP contribution in [0, 0.1) is 13.7 Å². The summed E-state index contributed by atoms with van der Waals surface area (Å²) in [4.78, 5) is 39.0. The summed E-state index contributed by atoms with van der Waals surface area (Å²) in [5.74, 6) is -0.446. The zero-order chi connectivity index (χ0) is 20.1. The summed E-state index contributed by atoms with van der Waals surface area (Å²) in [6.45, 7) is 1.82. The Kier molecular flexibility index (Phi) is 6.45. The first-order valence-corrected chi connectivity index (χ1v) is 9.84. The maximum Gasteiger partial charge on any atom is 0.292 e. The number of nitrogens with zero attached hydrogens (tertiary/aromatic N) is 3. The van der Waals surface area contributed by atoms with Crippen molar-refractivity contribution < 1.29 is 14.5 Å². The second-order valence-electron chi connectivity index (χ2n) is 6.28.